The molecule has 118 valence electrons. The maximum absolute atomic E-state index is 14.2. The molecule has 0 atom stereocenters. The molecule has 0 amide bonds. The summed E-state index contributed by atoms with van der Waals surface area (Å²) in [6, 6.07) is 8.90. The zero-order chi connectivity index (χ0) is 15.8. The summed E-state index contributed by atoms with van der Waals surface area (Å²) >= 11 is 0. The summed E-state index contributed by atoms with van der Waals surface area (Å²) in [5.74, 6) is 0.277. The second-order valence-electron chi connectivity index (χ2n) is 5.50. The molecule has 0 N–H and O–H groups in total. The highest BCUT2D eigenvalue weighted by Crippen LogP contribution is 2.25. The van der Waals surface area contributed by atoms with E-state index >= 15 is 0 Å². The first kappa shape index (κ1) is 16.5. The molecular formula is C19H24FNO. The summed E-state index contributed by atoms with van der Waals surface area (Å²) in [5, 5.41) is 0. The van der Waals surface area contributed by atoms with Gasteiger partial charge in [-0.25, -0.2) is 4.39 Å². The van der Waals surface area contributed by atoms with Crippen molar-refractivity contribution >= 4 is 0 Å². The number of nitrogens with zero attached hydrogens (tertiary/aromatic N) is 1. The maximum Gasteiger partial charge on any atom is 0.136 e. The maximum atomic E-state index is 14.2. The molecule has 1 aromatic carbocycles. The average molecular weight is 301 g/mol. The van der Waals surface area contributed by atoms with Crippen molar-refractivity contribution in [1.29, 1.82) is 0 Å². The average Bonchev–Trinajstić information content (AvgIpc) is 2.54. The minimum absolute atomic E-state index is 0.292. The Bertz CT molecular complexity index is 580. The third kappa shape index (κ3) is 4.55. The van der Waals surface area contributed by atoms with Crippen molar-refractivity contribution in [2.24, 2.45) is 0 Å². The molecule has 1 aromatic heterocycles. The van der Waals surface area contributed by atoms with E-state index in [4.69, 9.17) is 4.74 Å². The van der Waals surface area contributed by atoms with Crippen molar-refractivity contribution in [3.63, 3.8) is 0 Å². The molecule has 2 rings (SSSR count). The fourth-order valence-electron chi connectivity index (χ4n) is 2.32. The Kier molecular flexibility index (Phi) is 6.38. The first-order valence-corrected chi connectivity index (χ1v) is 8.12. The van der Waals surface area contributed by atoms with Crippen LogP contribution in [0.15, 0.2) is 36.5 Å². The van der Waals surface area contributed by atoms with Gasteiger partial charge >= 0.3 is 0 Å². The molecule has 0 saturated carbocycles. The third-order valence-electron chi connectivity index (χ3n) is 3.58. The molecule has 0 saturated heterocycles. The second kappa shape index (κ2) is 8.52. The molecule has 0 aliphatic heterocycles. The number of ether oxygens (including phenoxy) is 1. The molecule has 0 bridgehead atoms. The van der Waals surface area contributed by atoms with Crippen LogP contribution in [0.5, 0.6) is 5.75 Å². The van der Waals surface area contributed by atoms with Crippen LogP contribution in [0.1, 0.15) is 45.1 Å². The molecule has 0 radical (unpaired) electrons. The number of rotatable bonds is 8. The van der Waals surface area contributed by atoms with Crippen LogP contribution in [0, 0.1) is 5.82 Å². The quantitative estimate of drug-likeness (QED) is 0.608. The predicted molar refractivity (Wildman–Crippen MR) is 88.6 cm³/mol. The van der Waals surface area contributed by atoms with Crippen molar-refractivity contribution in [1.82, 2.24) is 4.98 Å². The van der Waals surface area contributed by atoms with E-state index < -0.39 is 0 Å². The lowest BCUT2D eigenvalue weighted by molar-refractivity contribution is 0.316. The molecule has 0 aliphatic rings. The number of aryl methyl sites for hydroxylation is 1. The zero-order valence-corrected chi connectivity index (χ0v) is 13.4. The lowest BCUT2D eigenvalue weighted by atomic mass is 10.1. The third-order valence-corrected chi connectivity index (χ3v) is 3.58. The van der Waals surface area contributed by atoms with E-state index in [0.717, 1.165) is 12.8 Å². The predicted octanol–water partition coefficient (Wildman–Crippen LogP) is 5.41. The number of halogens is 1. The monoisotopic (exact) mass is 301 g/mol. The van der Waals surface area contributed by atoms with E-state index in [1.807, 2.05) is 25.3 Å². The summed E-state index contributed by atoms with van der Waals surface area (Å²) in [6.07, 6.45) is 7.41. The normalized spacial score (nSPS) is 10.7. The van der Waals surface area contributed by atoms with Gasteiger partial charge < -0.3 is 4.74 Å². The van der Waals surface area contributed by atoms with Crippen LogP contribution in [0.4, 0.5) is 4.39 Å². The molecule has 0 unspecified atom stereocenters. The zero-order valence-electron chi connectivity index (χ0n) is 13.4. The fourth-order valence-corrected chi connectivity index (χ4v) is 2.32. The first-order chi connectivity index (χ1) is 10.7. The fraction of sp³-hybridized carbons (Fsp3) is 0.421. The van der Waals surface area contributed by atoms with Gasteiger partial charge in [-0.15, -0.1) is 0 Å². The standard InChI is InChI=1S/C19H24FNO/c1-3-5-6-7-15-8-11-19(21-14-15)17-10-9-16(13-18(17)20)22-12-4-2/h8-11,13-14H,3-7,12H2,1-2H3. The van der Waals surface area contributed by atoms with E-state index in [2.05, 4.69) is 11.9 Å². The van der Waals surface area contributed by atoms with Gasteiger partial charge in [-0.05, 0) is 43.0 Å². The Hall–Kier alpha value is -1.90. The van der Waals surface area contributed by atoms with Crippen LogP contribution < -0.4 is 4.74 Å². The van der Waals surface area contributed by atoms with Gasteiger partial charge in [0.2, 0.25) is 0 Å². The second-order valence-corrected chi connectivity index (χ2v) is 5.50. The lowest BCUT2D eigenvalue weighted by Crippen LogP contribution is -1.96. The highest BCUT2D eigenvalue weighted by Gasteiger charge is 2.08. The number of aromatic nitrogens is 1. The van der Waals surface area contributed by atoms with Crippen LogP contribution in [0.25, 0.3) is 11.3 Å². The largest absolute Gasteiger partial charge is 0.494 e. The Balaban J connectivity index is 2.07. The van der Waals surface area contributed by atoms with Crippen LogP contribution >= 0.6 is 0 Å². The summed E-state index contributed by atoms with van der Waals surface area (Å²) < 4.78 is 19.6. The van der Waals surface area contributed by atoms with Crippen molar-refractivity contribution < 1.29 is 9.13 Å². The van der Waals surface area contributed by atoms with Gasteiger partial charge in [0.1, 0.15) is 11.6 Å². The number of benzene rings is 1. The highest BCUT2D eigenvalue weighted by atomic mass is 19.1. The molecule has 22 heavy (non-hydrogen) atoms. The number of unbranched alkanes of at least 4 members (excludes halogenated alkanes) is 2. The van der Waals surface area contributed by atoms with Crippen LogP contribution in [0.2, 0.25) is 0 Å². The Labute approximate surface area is 132 Å². The van der Waals surface area contributed by atoms with E-state index in [1.54, 1.807) is 12.1 Å². The topological polar surface area (TPSA) is 22.1 Å². The molecule has 2 aromatic rings. The van der Waals surface area contributed by atoms with Gasteiger partial charge in [-0.1, -0.05) is 32.8 Å². The van der Waals surface area contributed by atoms with Crippen molar-refractivity contribution in [3.05, 3.63) is 47.9 Å². The van der Waals surface area contributed by atoms with Crippen LogP contribution in [0.3, 0.4) is 0 Å². The Morgan fingerprint density at radius 3 is 2.55 bits per heavy atom. The van der Waals surface area contributed by atoms with Crippen LogP contribution in [-0.2, 0) is 6.42 Å². The molecule has 2 nitrogen and oxygen atoms in total. The van der Waals surface area contributed by atoms with Gasteiger partial charge in [0.15, 0.2) is 0 Å². The van der Waals surface area contributed by atoms with Gasteiger partial charge in [0.25, 0.3) is 0 Å². The van der Waals surface area contributed by atoms with Crippen molar-refractivity contribution in [3.8, 4) is 17.0 Å². The minimum Gasteiger partial charge on any atom is -0.494 e. The molecule has 0 fully saturated rings. The summed E-state index contributed by atoms with van der Waals surface area (Å²) in [5.41, 5.74) is 2.39. The SMILES string of the molecule is CCCCCc1ccc(-c2ccc(OCCC)cc2F)nc1. The van der Waals surface area contributed by atoms with Crippen LogP contribution in [-0.4, -0.2) is 11.6 Å². The van der Waals surface area contributed by atoms with Crippen molar-refractivity contribution in [2.75, 3.05) is 6.61 Å². The van der Waals surface area contributed by atoms with Crippen molar-refractivity contribution in [2.45, 2.75) is 46.0 Å². The Morgan fingerprint density at radius 2 is 1.91 bits per heavy atom. The lowest BCUT2D eigenvalue weighted by Gasteiger charge is -2.08. The molecule has 1 heterocycles. The molecular weight excluding hydrogens is 277 g/mol. The van der Waals surface area contributed by atoms with Gasteiger partial charge in [-0.3, -0.25) is 4.98 Å². The molecule has 0 spiro atoms. The minimum atomic E-state index is -0.292. The number of hydrogen-bond donors (Lipinski definition) is 0. The Morgan fingerprint density at radius 1 is 1.05 bits per heavy atom. The molecule has 3 heteroatoms. The first-order valence-electron chi connectivity index (χ1n) is 8.12. The number of pyridine rings is 1. The number of hydrogen-bond acceptors (Lipinski definition) is 2. The summed E-state index contributed by atoms with van der Waals surface area (Å²) in [4.78, 5) is 4.40. The summed E-state index contributed by atoms with van der Waals surface area (Å²) in [6.45, 7) is 4.82. The van der Waals surface area contributed by atoms with E-state index in [0.29, 0.717) is 23.6 Å². The van der Waals surface area contributed by atoms with Gasteiger partial charge in [-0.2, -0.15) is 0 Å². The van der Waals surface area contributed by atoms with E-state index in [9.17, 15) is 4.39 Å². The van der Waals surface area contributed by atoms with Gasteiger partial charge in [0.05, 0.1) is 12.3 Å². The van der Waals surface area contributed by atoms with E-state index in [1.165, 1.54) is 30.9 Å². The summed E-state index contributed by atoms with van der Waals surface area (Å²) in [7, 11) is 0. The molecule has 0 aliphatic carbocycles. The van der Waals surface area contributed by atoms with E-state index in [-0.39, 0.29) is 5.82 Å². The van der Waals surface area contributed by atoms with Gasteiger partial charge in [0, 0.05) is 17.8 Å². The smallest absolute Gasteiger partial charge is 0.136 e. The highest BCUT2D eigenvalue weighted by molar-refractivity contribution is 5.61.